The fraction of sp³-hybridized carbons (Fsp3) is 0.579. The van der Waals surface area contributed by atoms with Crippen LogP contribution < -0.4 is 9.47 Å². The van der Waals surface area contributed by atoms with Crippen LogP contribution in [0, 0.1) is 5.92 Å². The van der Waals surface area contributed by atoms with Gasteiger partial charge in [-0.3, -0.25) is 9.59 Å². The highest BCUT2D eigenvalue weighted by molar-refractivity contribution is 5.89. The zero-order chi connectivity index (χ0) is 18.5. The first-order valence-corrected chi connectivity index (χ1v) is 8.97. The molecule has 2 aliphatic heterocycles. The second-order valence-electron chi connectivity index (χ2n) is 6.62. The summed E-state index contributed by atoms with van der Waals surface area (Å²) in [5, 5.41) is 0. The molecule has 0 spiro atoms. The van der Waals surface area contributed by atoms with E-state index in [1.54, 1.807) is 19.1 Å². The lowest BCUT2D eigenvalue weighted by molar-refractivity contribution is -0.139. The highest BCUT2D eigenvalue weighted by atomic mass is 16.5. The first-order chi connectivity index (χ1) is 12.6. The molecule has 0 bridgehead atoms. The molecular weight excluding hydrogens is 336 g/mol. The van der Waals surface area contributed by atoms with Crippen molar-refractivity contribution in [3.8, 4) is 11.5 Å². The van der Waals surface area contributed by atoms with E-state index in [4.69, 9.17) is 14.2 Å². The fourth-order valence-corrected chi connectivity index (χ4v) is 3.50. The number of morpholine rings is 1. The van der Waals surface area contributed by atoms with Gasteiger partial charge in [0.15, 0.2) is 11.5 Å². The van der Waals surface area contributed by atoms with Crippen molar-refractivity contribution in [1.82, 2.24) is 9.80 Å². The van der Waals surface area contributed by atoms with Crippen LogP contribution >= 0.6 is 0 Å². The lowest BCUT2D eigenvalue weighted by atomic mass is 10.1. The van der Waals surface area contributed by atoms with Gasteiger partial charge in [-0.25, -0.2) is 0 Å². The molecule has 2 fully saturated rings. The number of likely N-dealkylation sites (tertiary alicyclic amines) is 1. The number of methoxy groups -OCH3 is 2. The molecule has 0 aromatic heterocycles. The molecule has 2 saturated heterocycles. The van der Waals surface area contributed by atoms with Gasteiger partial charge in [-0.1, -0.05) is 6.07 Å². The standard InChI is InChI=1S/C19H26N2O5/c1-24-16-4-3-14(11-17(16)25-2)5-6-21-13-15(12-18(21)22)19(23)20-7-9-26-10-8-20/h3-4,11,15H,5-10,12-13H2,1-2H3. The summed E-state index contributed by atoms with van der Waals surface area (Å²) in [5.41, 5.74) is 1.07. The summed E-state index contributed by atoms with van der Waals surface area (Å²) in [6.45, 7) is 3.50. The molecule has 2 amide bonds. The molecule has 2 aliphatic rings. The van der Waals surface area contributed by atoms with Gasteiger partial charge in [0.05, 0.1) is 33.4 Å². The quantitative estimate of drug-likeness (QED) is 0.754. The van der Waals surface area contributed by atoms with Gasteiger partial charge in [-0.15, -0.1) is 0 Å². The monoisotopic (exact) mass is 362 g/mol. The van der Waals surface area contributed by atoms with Gasteiger partial charge in [0, 0.05) is 32.6 Å². The van der Waals surface area contributed by atoms with Crippen molar-refractivity contribution in [3.63, 3.8) is 0 Å². The summed E-state index contributed by atoms with van der Waals surface area (Å²) in [6, 6.07) is 5.76. The van der Waals surface area contributed by atoms with Gasteiger partial charge in [0.25, 0.3) is 0 Å². The topological polar surface area (TPSA) is 68.3 Å². The van der Waals surface area contributed by atoms with Gasteiger partial charge in [-0.05, 0) is 24.1 Å². The number of hydrogen-bond acceptors (Lipinski definition) is 5. The Balaban J connectivity index is 1.55. The lowest BCUT2D eigenvalue weighted by Gasteiger charge is -2.29. The minimum Gasteiger partial charge on any atom is -0.493 e. The summed E-state index contributed by atoms with van der Waals surface area (Å²) in [6.07, 6.45) is 1.02. The second kappa shape index (κ2) is 8.40. The number of amides is 2. The number of benzene rings is 1. The van der Waals surface area contributed by atoms with Crippen LogP contribution in [-0.2, 0) is 20.7 Å². The third-order valence-corrected chi connectivity index (χ3v) is 5.00. The number of nitrogens with zero attached hydrogens (tertiary/aromatic N) is 2. The Kier molecular flexibility index (Phi) is 5.98. The van der Waals surface area contributed by atoms with E-state index in [0.717, 1.165) is 5.56 Å². The summed E-state index contributed by atoms with van der Waals surface area (Å²) >= 11 is 0. The van der Waals surface area contributed by atoms with Crippen LogP contribution in [-0.4, -0.2) is 75.2 Å². The maximum atomic E-state index is 12.6. The molecule has 1 aromatic rings. The Morgan fingerprint density at radius 2 is 1.92 bits per heavy atom. The fourth-order valence-electron chi connectivity index (χ4n) is 3.50. The molecule has 1 unspecified atom stereocenters. The van der Waals surface area contributed by atoms with Gasteiger partial charge in [0.1, 0.15) is 0 Å². The molecule has 1 atom stereocenters. The van der Waals surface area contributed by atoms with E-state index in [0.29, 0.717) is 63.7 Å². The highest BCUT2D eigenvalue weighted by Gasteiger charge is 2.36. The maximum Gasteiger partial charge on any atom is 0.228 e. The van der Waals surface area contributed by atoms with Gasteiger partial charge >= 0.3 is 0 Å². The third-order valence-electron chi connectivity index (χ3n) is 5.00. The van der Waals surface area contributed by atoms with Gasteiger partial charge < -0.3 is 24.0 Å². The van der Waals surface area contributed by atoms with Crippen molar-refractivity contribution in [1.29, 1.82) is 0 Å². The first kappa shape index (κ1) is 18.5. The number of ether oxygens (including phenoxy) is 3. The minimum atomic E-state index is -0.231. The molecule has 1 aromatic carbocycles. The number of rotatable bonds is 6. The summed E-state index contributed by atoms with van der Waals surface area (Å²) in [7, 11) is 3.21. The number of hydrogen-bond donors (Lipinski definition) is 0. The lowest BCUT2D eigenvalue weighted by Crippen LogP contribution is -2.44. The van der Waals surface area contributed by atoms with E-state index in [2.05, 4.69) is 0 Å². The van der Waals surface area contributed by atoms with Crippen LogP contribution in [0.2, 0.25) is 0 Å². The Labute approximate surface area is 153 Å². The van der Waals surface area contributed by atoms with E-state index >= 15 is 0 Å². The predicted octanol–water partition coefficient (Wildman–Crippen LogP) is 0.954. The van der Waals surface area contributed by atoms with Crippen LogP contribution in [0.3, 0.4) is 0 Å². The Hall–Kier alpha value is -2.28. The van der Waals surface area contributed by atoms with Crippen LogP contribution in [0.5, 0.6) is 11.5 Å². The SMILES string of the molecule is COc1ccc(CCN2CC(C(=O)N3CCOCC3)CC2=O)cc1OC. The van der Waals surface area contributed by atoms with Crippen LogP contribution in [0.25, 0.3) is 0 Å². The van der Waals surface area contributed by atoms with Gasteiger partial charge in [0.2, 0.25) is 11.8 Å². The maximum absolute atomic E-state index is 12.6. The Bertz CT molecular complexity index is 657. The smallest absolute Gasteiger partial charge is 0.228 e. The summed E-state index contributed by atoms with van der Waals surface area (Å²) in [4.78, 5) is 28.5. The molecule has 0 N–H and O–H groups in total. The number of carbonyl (C=O) groups excluding carboxylic acids is 2. The van der Waals surface area contributed by atoms with Crippen molar-refractivity contribution in [3.05, 3.63) is 23.8 Å². The summed E-state index contributed by atoms with van der Waals surface area (Å²) < 4.78 is 15.9. The van der Waals surface area contributed by atoms with Crippen molar-refractivity contribution in [2.45, 2.75) is 12.8 Å². The zero-order valence-corrected chi connectivity index (χ0v) is 15.4. The molecule has 26 heavy (non-hydrogen) atoms. The van der Waals surface area contributed by atoms with Crippen LogP contribution in [0.1, 0.15) is 12.0 Å². The predicted molar refractivity (Wildman–Crippen MR) is 95.3 cm³/mol. The second-order valence-corrected chi connectivity index (χ2v) is 6.62. The van der Waals surface area contributed by atoms with E-state index in [1.165, 1.54) is 0 Å². The third kappa shape index (κ3) is 4.09. The zero-order valence-electron chi connectivity index (χ0n) is 15.4. The molecule has 0 aliphatic carbocycles. The number of carbonyl (C=O) groups is 2. The molecule has 2 heterocycles. The van der Waals surface area contributed by atoms with E-state index in [-0.39, 0.29) is 17.7 Å². The molecule has 7 nitrogen and oxygen atoms in total. The van der Waals surface area contributed by atoms with Gasteiger partial charge in [-0.2, -0.15) is 0 Å². The van der Waals surface area contributed by atoms with Crippen molar-refractivity contribution >= 4 is 11.8 Å². The first-order valence-electron chi connectivity index (χ1n) is 8.97. The normalized spacial score (nSPS) is 20.4. The minimum absolute atomic E-state index is 0.0529. The average Bonchev–Trinajstić information content (AvgIpc) is 3.06. The molecule has 0 saturated carbocycles. The molecule has 7 heteroatoms. The largest absolute Gasteiger partial charge is 0.493 e. The van der Waals surface area contributed by atoms with E-state index < -0.39 is 0 Å². The molecule has 0 radical (unpaired) electrons. The van der Waals surface area contributed by atoms with Crippen molar-refractivity contribution in [2.75, 3.05) is 53.6 Å². The average molecular weight is 362 g/mol. The van der Waals surface area contributed by atoms with E-state index in [1.807, 2.05) is 23.1 Å². The Morgan fingerprint density at radius 3 is 2.62 bits per heavy atom. The molecule has 142 valence electrons. The Morgan fingerprint density at radius 1 is 1.19 bits per heavy atom. The highest BCUT2D eigenvalue weighted by Crippen LogP contribution is 2.28. The van der Waals surface area contributed by atoms with E-state index in [9.17, 15) is 9.59 Å². The van der Waals surface area contributed by atoms with Crippen LogP contribution in [0.4, 0.5) is 0 Å². The molecular formula is C19H26N2O5. The van der Waals surface area contributed by atoms with Crippen molar-refractivity contribution < 1.29 is 23.8 Å². The van der Waals surface area contributed by atoms with Crippen molar-refractivity contribution in [2.24, 2.45) is 5.92 Å². The van der Waals surface area contributed by atoms with Crippen LogP contribution in [0.15, 0.2) is 18.2 Å². The molecule has 3 rings (SSSR count). The summed E-state index contributed by atoms with van der Waals surface area (Å²) in [5.74, 6) is 1.26.